The summed E-state index contributed by atoms with van der Waals surface area (Å²) in [6.07, 6.45) is 1.18. The molecule has 4 heteroatoms. The van der Waals surface area contributed by atoms with E-state index in [1.807, 2.05) is 13.8 Å². The van der Waals surface area contributed by atoms with Crippen LogP contribution < -0.4 is 4.90 Å². The Morgan fingerprint density at radius 2 is 2.26 bits per heavy atom. The van der Waals surface area contributed by atoms with E-state index in [0.29, 0.717) is 31.0 Å². The largest absolute Gasteiger partial charge is 0.311 e. The molecule has 1 amide bonds. The molecule has 0 aliphatic heterocycles. The summed E-state index contributed by atoms with van der Waals surface area (Å²) in [6.45, 7) is 4.29. The van der Waals surface area contributed by atoms with Crippen LogP contribution in [0.25, 0.3) is 0 Å². The zero-order valence-electron chi connectivity index (χ0n) is 11.2. The molecular formula is C15H17FN2O. The van der Waals surface area contributed by atoms with Crippen molar-refractivity contribution in [2.45, 2.75) is 26.7 Å². The van der Waals surface area contributed by atoms with Crippen LogP contribution in [0.15, 0.2) is 24.3 Å². The molecule has 0 bridgehead atoms. The van der Waals surface area contributed by atoms with Gasteiger partial charge in [-0.2, -0.15) is 5.26 Å². The zero-order chi connectivity index (χ0) is 14.0. The van der Waals surface area contributed by atoms with Gasteiger partial charge in [0.25, 0.3) is 0 Å². The molecule has 0 radical (unpaired) electrons. The lowest BCUT2D eigenvalue weighted by Gasteiger charge is -2.42. The molecule has 1 aliphatic carbocycles. The van der Waals surface area contributed by atoms with Gasteiger partial charge in [-0.05, 0) is 43.9 Å². The lowest BCUT2D eigenvalue weighted by Crippen LogP contribution is -2.50. The van der Waals surface area contributed by atoms with E-state index in [-0.39, 0.29) is 11.7 Å². The molecule has 1 aromatic rings. The number of amides is 1. The third-order valence-electron chi connectivity index (χ3n) is 3.70. The Morgan fingerprint density at radius 3 is 2.74 bits per heavy atom. The Morgan fingerprint density at radius 1 is 1.58 bits per heavy atom. The van der Waals surface area contributed by atoms with Crippen molar-refractivity contribution in [2.75, 3.05) is 11.4 Å². The van der Waals surface area contributed by atoms with Gasteiger partial charge in [0.15, 0.2) is 0 Å². The van der Waals surface area contributed by atoms with Gasteiger partial charge in [0.1, 0.15) is 11.2 Å². The minimum absolute atomic E-state index is 0.207. The fourth-order valence-corrected chi connectivity index (χ4v) is 2.79. The molecule has 0 aromatic heterocycles. The first-order valence-electron chi connectivity index (χ1n) is 6.51. The number of carbonyl (C=O) groups is 1. The molecule has 0 unspecified atom stereocenters. The Balaban J connectivity index is 2.28. The van der Waals surface area contributed by atoms with E-state index in [0.717, 1.165) is 0 Å². The first kappa shape index (κ1) is 13.5. The lowest BCUT2D eigenvalue weighted by atomic mass is 9.62. The molecule has 0 saturated heterocycles. The fraction of sp³-hybridized carbons (Fsp3) is 0.467. The van der Waals surface area contributed by atoms with Gasteiger partial charge in [0, 0.05) is 12.2 Å². The summed E-state index contributed by atoms with van der Waals surface area (Å²) in [5.74, 6) is -0.187. The summed E-state index contributed by atoms with van der Waals surface area (Å²) in [7, 11) is 0. The first-order chi connectivity index (χ1) is 9.02. The van der Waals surface area contributed by atoms with Gasteiger partial charge in [-0.25, -0.2) is 4.39 Å². The highest BCUT2D eigenvalue weighted by molar-refractivity contribution is 6.00. The molecule has 0 N–H and O–H groups in total. The number of nitriles is 1. The average molecular weight is 260 g/mol. The predicted molar refractivity (Wildman–Crippen MR) is 70.9 cm³/mol. The second kappa shape index (κ2) is 5.00. The number of hydrogen-bond donors (Lipinski definition) is 0. The summed E-state index contributed by atoms with van der Waals surface area (Å²) >= 11 is 0. The average Bonchev–Trinajstić information content (AvgIpc) is 2.35. The first-order valence-corrected chi connectivity index (χ1v) is 6.51. The number of rotatable bonds is 3. The zero-order valence-corrected chi connectivity index (χ0v) is 11.2. The summed E-state index contributed by atoms with van der Waals surface area (Å²) < 4.78 is 13.3. The van der Waals surface area contributed by atoms with E-state index in [4.69, 9.17) is 0 Å². The third-order valence-corrected chi connectivity index (χ3v) is 3.70. The van der Waals surface area contributed by atoms with Gasteiger partial charge in [0.2, 0.25) is 5.91 Å². The number of hydrogen-bond acceptors (Lipinski definition) is 2. The molecule has 0 spiro atoms. The van der Waals surface area contributed by atoms with E-state index < -0.39 is 5.41 Å². The topological polar surface area (TPSA) is 44.1 Å². The van der Waals surface area contributed by atoms with Crippen molar-refractivity contribution in [1.82, 2.24) is 0 Å². The molecule has 3 nitrogen and oxygen atoms in total. The summed E-state index contributed by atoms with van der Waals surface area (Å²) in [4.78, 5) is 14.0. The summed E-state index contributed by atoms with van der Waals surface area (Å²) in [5, 5.41) is 9.30. The van der Waals surface area contributed by atoms with E-state index in [1.54, 1.807) is 12.1 Å². The van der Waals surface area contributed by atoms with Crippen molar-refractivity contribution in [3.63, 3.8) is 0 Å². The SMILES string of the molecule is CCN(C(=O)C1(C#N)CC(C)C1)c1cccc(F)c1. The van der Waals surface area contributed by atoms with Crippen molar-refractivity contribution in [2.24, 2.45) is 11.3 Å². The summed E-state index contributed by atoms with van der Waals surface area (Å²) in [6, 6.07) is 8.09. The highest BCUT2D eigenvalue weighted by Gasteiger charge is 2.50. The highest BCUT2D eigenvalue weighted by Crippen LogP contribution is 2.46. The van der Waals surface area contributed by atoms with Gasteiger partial charge in [-0.3, -0.25) is 4.79 Å². The molecule has 1 aliphatic rings. The number of halogens is 1. The van der Waals surface area contributed by atoms with Gasteiger partial charge in [-0.15, -0.1) is 0 Å². The van der Waals surface area contributed by atoms with Crippen LogP contribution in [0.1, 0.15) is 26.7 Å². The van der Waals surface area contributed by atoms with Gasteiger partial charge < -0.3 is 4.90 Å². The molecule has 0 heterocycles. The smallest absolute Gasteiger partial charge is 0.247 e. The molecular weight excluding hydrogens is 243 g/mol. The van der Waals surface area contributed by atoms with Crippen LogP contribution in [0.2, 0.25) is 0 Å². The van der Waals surface area contributed by atoms with Crippen LogP contribution in [0.4, 0.5) is 10.1 Å². The minimum atomic E-state index is -0.915. The van der Waals surface area contributed by atoms with E-state index in [2.05, 4.69) is 6.07 Å². The van der Waals surface area contributed by atoms with Crippen LogP contribution in [0.5, 0.6) is 0 Å². The normalized spacial score (nSPS) is 25.3. The van der Waals surface area contributed by atoms with Gasteiger partial charge in [-0.1, -0.05) is 13.0 Å². The van der Waals surface area contributed by atoms with Crippen molar-refractivity contribution in [3.8, 4) is 6.07 Å². The number of nitrogens with zero attached hydrogens (tertiary/aromatic N) is 2. The van der Waals surface area contributed by atoms with E-state index in [1.165, 1.54) is 17.0 Å². The van der Waals surface area contributed by atoms with Crippen molar-refractivity contribution < 1.29 is 9.18 Å². The minimum Gasteiger partial charge on any atom is -0.311 e. The van der Waals surface area contributed by atoms with Crippen molar-refractivity contribution >= 4 is 11.6 Å². The Hall–Kier alpha value is -1.89. The molecule has 1 aromatic carbocycles. The highest BCUT2D eigenvalue weighted by atomic mass is 19.1. The lowest BCUT2D eigenvalue weighted by molar-refractivity contribution is -0.131. The van der Waals surface area contributed by atoms with E-state index in [9.17, 15) is 14.4 Å². The number of anilines is 1. The van der Waals surface area contributed by atoms with Crippen LogP contribution in [0.3, 0.4) is 0 Å². The number of benzene rings is 1. The fourth-order valence-electron chi connectivity index (χ4n) is 2.79. The monoisotopic (exact) mass is 260 g/mol. The van der Waals surface area contributed by atoms with Crippen LogP contribution >= 0.6 is 0 Å². The molecule has 2 rings (SSSR count). The second-order valence-corrected chi connectivity index (χ2v) is 5.24. The number of carbonyl (C=O) groups excluding carboxylic acids is 1. The molecule has 19 heavy (non-hydrogen) atoms. The quantitative estimate of drug-likeness (QED) is 0.838. The van der Waals surface area contributed by atoms with Crippen LogP contribution in [0, 0.1) is 28.5 Å². The molecule has 1 saturated carbocycles. The van der Waals surface area contributed by atoms with E-state index >= 15 is 0 Å². The van der Waals surface area contributed by atoms with Crippen molar-refractivity contribution in [3.05, 3.63) is 30.1 Å². The Bertz CT molecular complexity index is 529. The second-order valence-electron chi connectivity index (χ2n) is 5.24. The predicted octanol–water partition coefficient (Wildman–Crippen LogP) is 3.12. The van der Waals surface area contributed by atoms with Crippen LogP contribution in [-0.2, 0) is 4.79 Å². The van der Waals surface area contributed by atoms with Crippen molar-refractivity contribution in [1.29, 1.82) is 5.26 Å². The van der Waals surface area contributed by atoms with Gasteiger partial charge in [0.05, 0.1) is 6.07 Å². The maximum atomic E-state index is 13.3. The summed E-state index contributed by atoms with van der Waals surface area (Å²) in [5.41, 5.74) is -0.399. The maximum Gasteiger partial charge on any atom is 0.247 e. The molecule has 1 fully saturated rings. The third kappa shape index (κ3) is 2.33. The molecule has 0 atom stereocenters. The van der Waals surface area contributed by atoms with Gasteiger partial charge >= 0.3 is 0 Å². The van der Waals surface area contributed by atoms with Crippen LogP contribution in [-0.4, -0.2) is 12.5 Å². The maximum absolute atomic E-state index is 13.3. The molecule has 100 valence electrons. The Labute approximate surface area is 112 Å². The standard InChI is InChI=1S/C15H17FN2O/c1-3-18(13-6-4-5-12(16)7-13)14(19)15(10-17)8-11(2)9-15/h4-7,11H,3,8-9H2,1-2H3. The Kier molecular flexibility index (Phi) is 3.57.